The van der Waals surface area contributed by atoms with Crippen LogP contribution in [0.4, 0.5) is 11.4 Å². The molecule has 6 aromatic rings. The van der Waals surface area contributed by atoms with Crippen LogP contribution in [0.25, 0.3) is 22.3 Å². The Morgan fingerprint density at radius 2 is 0.905 bits per heavy atom. The Hall–Kier alpha value is -5.22. The van der Waals surface area contributed by atoms with E-state index in [0.717, 1.165) is 37.6 Å². The molecular weight excluding hydrogens is 512 g/mol. The summed E-state index contributed by atoms with van der Waals surface area (Å²) in [6.07, 6.45) is 3.76. The number of aromatic nitrogens is 2. The van der Waals surface area contributed by atoms with Crippen molar-refractivity contribution in [1.29, 1.82) is 0 Å². The van der Waals surface area contributed by atoms with Gasteiger partial charge in [-0.2, -0.15) is 0 Å². The zero-order valence-corrected chi connectivity index (χ0v) is 23.5. The summed E-state index contributed by atoms with van der Waals surface area (Å²) in [6.45, 7) is 2.97. The van der Waals surface area contributed by atoms with Crippen molar-refractivity contribution in [1.82, 2.24) is 9.97 Å². The molecule has 0 spiro atoms. The molecule has 2 aromatic heterocycles. The van der Waals surface area contributed by atoms with E-state index >= 15 is 0 Å². The van der Waals surface area contributed by atoms with Gasteiger partial charge in [0.05, 0.1) is 24.5 Å². The second kappa shape index (κ2) is 11.7. The molecule has 42 heavy (non-hydrogen) atoms. The Bertz CT molecular complexity index is 1670. The highest BCUT2D eigenvalue weighted by Gasteiger charge is 2.19. The second-order valence-electron chi connectivity index (χ2n) is 10.8. The fourth-order valence-corrected chi connectivity index (χ4v) is 5.93. The van der Waals surface area contributed by atoms with Crippen LogP contribution in [0, 0.1) is 0 Å². The average molecular weight is 545 g/mol. The molecule has 204 valence electrons. The van der Waals surface area contributed by atoms with Gasteiger partial charge < -0.3 is 9.80 Å². The monoisotopic (exact) mass is 544 g/mol. The Kier molecular flexibility index (Phi) is 7.18. The van der Waals surface area contributed by atoms with Gasteiger partial charge in [-0.05, 0) is 70.8 Å². The molecule has 0 unspecified atom stereocenters. The molecule has 0 atom stereocenters. The number of hydrogen-bond acceptors (Lipinski definition) is 4. The van der Waals surface area contributed by atoms with Crippen LogP contribution in [-0.2, 0) is 26.2 Å². The first-order valence-corrected chi connectivity index (χ1v) is 14.5. The van der Waals surface area contributed by atoms with Gasteiger partial charge in [-0.25, -0.2) is 0 Å². The molecule has 1 aliphatic rings. The highest BCUT2D eigenvalue weighted by Crippen LogP contribution is 2.37. The van der Waals surface area contributed by atoms with E-state index in [4.69, 9.17) is 0 Å². The van der Waals surface area contributed by atoms with E-state index in [2.05, 4.69) is 141 Å². The van der Waals surface area contributed by atoms with Crippen molar-refractivity contribution in [3.05, 3.63) is 168 Å². The number of nitrogens with zero attached hydrogens (tertiary/aromatic N) is 4. The summed E-state index contributed by atoms with van der Waals surface area (Å²) in [5, 5.41) is 0. The van der Waals surface area contributed by atoms with Gasteiger partial charge in [0.25, 0.3) is 0 Å². The molecule has 0 saturated heterocycles. The third kappa shape index (κ3) is 5.52. The van der Waals surface area contributed by atoms with E-state index in [1.807, 2.05) is 24.5 Å². The van der Waals surface area contributed by atoms with Crippen molar-refractivity contribution < 1.29 is 0 Å². The maximum atomic E-state index is 4.68. The predicted octanol–water partition coefficient (Wildman–Crippen LogP) is 8.54. The summed E-state index contributed by atoms with van der Waals surface area (Å²) < 4.78 is 0. The molecule has 4 nitrogen and oxygen atoms in total. The van der Waals surface area contributed by atoms with E-state index in [1.54, 1.807) is 0 Å². The zero-order valence-electron chi connectivity index (χ0n) is 23.5. The number of hydrogen-bond donors (Lipinski definition) is 0. The second-order valence-corrected chi connectivity index (χ2v) is 10.8. The van der Waals surface area contributed by atoms with E-state index < -0.39 is 0 Å². The number of para-hydroxylation sites is 2. The standard InChI is InChI=1S/C38H32N4/c1-3-19-37-35(17-1)31-13-9-11-29(23-31)26-42(28-34-16-6-8-22-40-34)38-20-4-2-18-36(38)32-14-10-12-30(24-32)25-41(37)27-33-15-5-7-21-39-33/h1-24H,25-28H2. The fraction of sp³-hybridized carbons (Fsp3) is 0.105. The van der Waals surface area contributed by atoms with Gasteiger partial charge in [0.1, 0.15) is 0 Å². The van der Waals surface area contributed by atoms with Crippen molar-refractivity contribution in [2.45, 2.75) is 26.2 Å². The molecule has 7 rings (SSSR count). The first kappa shape index (κ1) is 25.7. The van der Waals surface area contributed by atoms with Crippen LogP contribution in [0.15, 0.2) is 146 Å². The van der Waals surface area contributed by atoms with E-state index in [9.17, 15) is 0 Å². The van der Waals surface area contributed by atoms with Crippen LogP contribution in [0.2, 0.25) is 0 Å². The molecule has 0 fully saturated rings. The molecule has 0 aliphatic carbocycles. The Labute approximate surface area is 247 Å². The number of fused-ring (bicyclic) bond motifs is 8. The number of anilines is 2. The summed E-state index contributed by atoms with van der Waals surface area (Å²) in [7, 11) is 0. The van der Waals surface area contributed by atoms with Crippen LogP contribution in [0.5, 0.6) is 0 Å². The van der Waals surface area contributed by atoms with Gasteiger partial charge >= 0.3 is 0 Å². The average Bonchev–Trinajstić information content (AvgIpc) is 3.05. The van der Waals surface area contributed by atoms with Gasteiger partial charge in [0.2, 0.25) is 0 Å². The summed E-state index contributed by atoms with van der Waals surface area (Å²) in [6, 6.07) is 47.8. The summed E-state index contributed by atoms with van der Waals surface area (Å²) >= 11 is 0. The lowest BCUT2D eigenvalue weighted by molar-refractivity contribution is 0.779. The molecular formula is C38H32N4. The van der Waals surface area contributed by atoms with Crippen LogP contribution in [-0.4, -0.2) is 9.97 Å². The fourth-order valence-electron chi connectivity index (χ4n) is 5.93. The van der Waals surface area contributed by atoms with Gasteiger partial charge in [0.15, 0.2) is 0 Å². The number of pyridine rings is 2. The smallest absolute Gasteiger partial charge is 0.0606 e. The lowest BCUT2D eigenvalue weighted by Gasteiger charge is -2.30. The molecule has 4 aromatic carbocycles. The van der Waals surface area contributed by atoms with E-state index in [-0.39, 0.29) is 0 Å². The molecule has 3 heterocycles. The maximum absolute atomic E-state index is 4.68. The Balaban J connectivity index is 1.41. The Morgan fingerprint density at radius 3 is 1.36 bits per heavy atom. The van der Waals surface area contributed by atoms with Crippen molar-refractivity contribution in [2.24, 2.45) is 0 Å². The quantitative estimate of drug-likeness (QED) is 0.223. The number of rotatable bonds is 4. The molecule has 0 N–H and O–H groups in total. The highest BCUT2D eigenvalue weighted by molar-refractivity contribution is 5.81. The normalized spacial score (nSPS) is 12.7. The van der Waals surface area contributed by atoms with Crippen LogP contribution < -0.4 is 9.80 Å². The summed E-state index contributed by atoms with van der Waals surface area (Å²) in [5.74, 6) is 0. The van der Waals surface area contributed by atoms with Crippen LogP contribution in [0.3, 0.4) is 0 Å². The third-order valence-corrected chi connectivity index (χ3v) is 7.87. The molecule has 4 heteroatoms. The first-order chi connectivity index (χ1) is 20.8. The Morgan fingerprint density at radius 1 is 0.452 bits per heavy atom. The first-order valence-electron chi connectivity index (χ1n) is 14.5. The highest BCUT2D eigenvalue weighted by atomic mass is 15.1. The molecule has 0 amide bonds. The minimum atomic E-state index is 0.718. The van der Waals surface area contributed by atoms with E-state index in [1.165, 1.54) is 44.8 Å². The van der Waals surface area contributed by atoms with Crippen molar-refractivity contribution in [2.75, 3.05) is 9.80 Å². The van der Waals surface area contributed by atoms with Crippen molar-refractivity contribution in [3.63, 3.8) is 0 Å². The zero-order chi connectivity index (χ0) is 28.1. The van der Waals surface area contributed by atoms with E-state index in [0.29, 0.717) is 0 Å². The van der Waals surface area contributed by atoms with Crippen LogP contribution >= 0.6 is 0 Å². The molecule has 1 aliphatic heterocycles. The van der Waals surface area contributed by atoms with Crippen molar-refractivity contribution >= 4 is 11.4 Å². The minimum absolute atomic E-state index is 0.718. The summed E-state index contributed by atoms with van der Waals surface area (Å²) in [5.41, 5.74) is 11.9. The van der Waals surface area contributed by atoms with Crippen LogP contribution in [0.1, 0.15) is 22.5 Å². The SMILES string of the molecule is c1ccc(CN2Cc3cccc(c3)-c3ccccc3N(Cc3ccccn3)Cc3cccc(c3)-c3ccccc32)nc1. The largest absolute Gasteiger partial charge is 0.361 e. The molecule has 4 bridgehead atoms. The third-order valence-electron chi connectivity index (χ3n) is 7.87. The number of benzene rings is 4. The molecule has 0 saturated carbocycles. The van der Waals surface area contributed by atoms with Gasteiger partial charge in [-0.15, -0.1) is 0 Å². The minimum Gasteiger partial charge on any atom is -0.361 e. The summed E-state index contributed by atoms with van der Waals surface area (Å²) in [4.78, 5) is 14.3. The maximum Gasteiger partial charge on any atom is 0.0606 e. The topological polar surface area (TPSA) is 32.3 Å². The van der Waals surface area contributed by atoms with Gasteiger partial charge in [0, 0.05) is 48.0 Å². The van der Waals surface area contributed by atoms with Gasteiger partial charge in [-0.3, -0.25) is 9.97 Å². The van der Waals surface area contributed by atoms with Gasteiger partial charge in [-0.1, -0.05) is 84.9 Å². The van der Waals surface area contributed by atoms with Crippen molar-refractivity contribution in [3.8, 4) is 22.3 Å². The lowest BCUT2D eigenvalue weighted by Crippen LogP contribution is -2.24. The lowest BCUT2D eigenvalue weighted by atomic mass is 9.97. The molecule has 0 radical (unpaired) electrons. The predicted molar refractivity (Wildman–Crippen MR) is 172 cm³/mol.